The van der Waals surface area contributed by atoms with E-state index in [0.29, 0.717) is 47.1 Å². The normalized spacial score (nSPS) is 13.8. The lowest BCUT2D eigenvalue weighted by Crippen LogP contribution is -2.48. The van der Waals surface area contributed by atoms with E-state index in [2.05, 4.69) is 5.32 Å². The highest BCUT2D eigenvalue weighted by atomic mass is 16.7. The van der Waals surface area contributed by atoms with Crippen LogP contribution in [-0.4, -0.2) is 53.4 Å². The zero-order chi connectivity index (χ0) is 23.7. The number of ether oxygens (including phenoxy) is 4. The summed E-state index contributed by atoms with van der Waals surface area (Å²) in [5.74, 6) is 1.52. The van der Waals surface area contributed by atoms with Gasteiger partial charge in [0.1, 0.15) is 11.5 Å². The molecule has 2 heterocycles. The van der Waals surface area contributed by atoms with Gasteiger partial charge in [0.2, 0.25) is 13.6 Å². The molecule has 2 aliphatic heterocycles. The Labute approximate surface area is 192 Å². The van der Waals surface area contributed by atoms with Crippen LogP contribution < -0.4 is 24.3 Å². The highest BCUT2D eigenvalue weighted by Crippen LogP contribution is 2.47. The Kier molecular flexibility index (Phi) is 6.31. The van der Waals surface area contributed by atoms with Crippen LogP contribution >= 0.6 is 0 Å². The Morgan fingerprint density at radius 1 is 0.848 bits per heavy atom. The predicted molar refractivity (Wildman–Crippen MR) is 120 cm³/mol. The van der Waals surface area contributed by atoms with Gasteiger partial charge >= 0.3 is 6.03 Å². The smallest absolute Gasteiger partial charge is 0.317 e. The van der Waals surface area contributed by atoms with E-state index < -0.39 is 5.92 Å². The fraction of sp³-hybridized carbons (Fsp3) is 0.458. The molecule has 2 aromatic carbocycles. The fourth-order valence-corrected chi connectivity index (χ4v) is 4.41. The zero-order valence-corrected chi connectivity index (χ0v) is 19.3. The minimum atomic E-state index is -0.458. The predicted octanol–water partition coefficient (Wildman–Crippen LogP) is 3.91. The number of nitrogens with one attached hydrogen (secondary N) is 1. The molecule has 33 heavy (non-hydrogen) atoms. The molecular weight excluding hydrogens is 428 g/mol. The molecule has 3 N–H and O–H groups in total. The molecule has 0 spiro atoms. The van der Waals surface area contributed by atoms with E-state index in [1.165, 1.54) is 12.1 Å². The number of hydrogen-bond donors (Lipinski definition) is 3. The average Bonchev–Trinajstić information content (AvgIpc) is 3.38. The van der Waals surface area contributed by atoms with Crippen LogP contribution in [0.2, 0.25) is 0 Å². The van der Waals surface area contributed by atoms with Crippen molar-refractivity contribution >= 4 is 6.03 Å². The van der Waals surface area contributed by atoms with Crippen molar-refractivity contribution in [3.63, 3.8) is 0 Å². The van der Waals surface area contributed by atoms with Crippen molar-refractivity contribution < 1.29 is 34.0 Å². The summed E-state index contributed by atoms with van der Waals surface area (Å²) in [6.45, 7) is 8.36. The molecule has 0 bridgehead atoms. The Morgan fingerprint density at radius 3 is 1.70 bits per heavy atom. The van der Waals surface area contributed by atoms with Crippen LogP contribution in [0, 0.1) is 0 Å². The van der Waals surface area contributed by atoms with Gasteiger partial charge in [0.15, 0.2) is 23.0 Å². The number of phenols is 2. The first kappa shape index (κ1) is 22.7. The van der Waals surface area contributed by atoms with Gasteiger partial charge in [0.25, 0.3) is 0 Å². The third-order valence-corrected chi connectivity index (χ3v) is 5.85. The van der Waals surface area contributed by atoms with E-state index in [1.807, 2.05) is 27.7 Å². The van der Waals surface area contributed by atoms with Crippen LogP contribution in [-0.2, 0) is 0 Å². The number of urea groups is 1. The largest absolute Gasteiger partial charge is 0.508 e. The Balaban J connectivity index is 1.63. The molecule has 2 aliphatic rings. The Morgan fingerprint density at radius 2 is 1.27 bits per heavy atom. The molecule has 178 valence electrons. The number of amides is 2. The summed E-state index contributed by atoms with van der Waals surface area (Å²) in [4.78, 5) is 14.5. The van der Waals surface area contributed by atoms with Gasteiger partial charge in [0, 0.05) is 47.8 Å². The number of carbonyl (C=O) groups excluding carboxylic acids is 1. The van der Waals surface area contributed by atoms with Gasteiger partial charge in [-0.1, -0.05) is 0 Å². The van der Waals surface area contributed by atoms with Crippen LogP contribution in [0.3, 0.4) is 0 Å². The summed E-state index contributed by atoms with van der Waals surface area (Å²) in [5, 5.41) is 24.5. The second-order valence-corrected chi connectivity index (χ2v) is 8.70. The SMILES string of the molecule is CC(C)N(C(=O)NCCC(c1cc2c(cc1O)OCO2)c1cc2c(cc1O)OCO2)C(C)C. The van der Waals surface area contributed by atoms with Crippen LogP contribution in [0.5, 0.6) is 34.5 Å². The third-order valence-electron chi connectivity index (χ3n) is 5.85. The molecule has 2 amide bonds. The highest BCUT2D eigenvalue weighted by molar-refractivity contribution is 5.74. The lowest BCUT2D eigenvalue weighted by molar-refractivity contribution is 0.165. The molecule has 9 heteroatoms. The maximum absolute atomic E-state index is 12.8. The van der Waals surface area contributed by atoms with Crippen molar-refractivity contribution in [3.05, 3.63) is 35.4 Å². The van der Waals surface area contributed by atoms with E-state index in [-0.39, 0.29) is 43.2 Å². The van der Waals surface area contributed by atoms with Crippen LogP contribution in [0.4, 0.5) is 4.79 Å². The summed E-state index contributed by atoms with van der Waals surface area (Å²) < 4.78 is 21.7. The molecule has 0 atom stereocenters. The fourth-order valence-electron chi connectivity index (χ4n) is 4.41. The van der Waals surface area contributed by atoms with E-state index in [0.717, 1.165) is 0 Å². The van der Waals surface area contributed by atoms with Crippen molar-refractivity contribution in [3.8, 4) is 34.5 Å². The first-order chi connectivity index (χ1) is 15.8. The summed E-state index contributed by atoms with van der Waals surface area (Å²) >= 11 is 0. The molecule has 0 saturated heterocycles. The number of benzene rings is 2. The van der Waals surface area contributed by atoms with Crippen molar-refractivity contribution in [2.75, 3.05) is 20.1 Å². The number of fused-ring (bicyclic) bond motifs is 2. The number of aromatic hydroxyl groups is 2. The summed E-state index contributed by atoms with van der Waals surface area (Å²) in [6.07, 6.45) is 0.413. The standard InChI is InChI=1S/C24H30N2O7/c1-13(2)26(14(3)4)24(29)25-6-5-15(16-7-20-22(9-18(16)27)32-11-30-20)17-8-21-23(10-19(17)28)33-12-31-21/h7-10,13-15,27-28H,5-6,11-12H2,1-4H3,(H,25,29). The molecule has 0 unspecified atom stereocenters. The average molecular weight is 459 g/mol. The number of nitrogens with zero attached hydrogens (tertiary/aromatic N) is 1. The third kappa shape index (κ3) is 4.53. The minimum Gasteiger partial charge on any atom is -0.508 e. The summed E-state index contributed by atoms with van der Waals surface area (Å²) in [5.41, 5.74) is 1.10. The minimum absolute atomic E-state index is 0.0126. The second kappa shape index (κ2) is 9.17. The molecular formula is C24H30N2O7. The number of rotatable bonds is 7. The Bertz CT molecular complexity index is 966. The lowest BCUT2D eigenvalue weighted by atomic mass is 9.86. The molecule has 4 rings (SSSR count). The zero-order valence-electron chi connectivity index (χ0n) is 19.3. The molecule has 0 fully saturated rings. The number of phenolic OH excluding ortho intramolecular Hbond substituents is 2. The van der Waals surface area contributed by atoms with Crippen LogP contribution in [0.1, 0.15) is 51.2 Å². The van der Waals surface area contributed by atoms with Gasteiger partial charge in [-0.2, -0.15) is 0 Å². The van der Waals surface area contributed by atoms with Gasteiger partial charge in [-0.3, -0.25) is 0 Å². The van der Waals surface area contributed by atoms with E-state index in [1.54, 1.807) is 17.0 Å². The molecule has 0 aromatic heterocycles. The maximum atomic E-state index is 12.8. The van der Waals surface area contributed by atoms with Crippen molar-refractivity contribution in [1.82, 2.24) is 10.2 Å². The van der Waals surface area contributed by atoms with E-state index in [9.17, 15) is 15.0 Å². The first-order valence-corrected chi connectivity index (χ1v) is 11.1. The van der Waals surface area contributed by atoms with Gasteiger partial charge in [-0.05, 0) is 46.2 Å². The van der Waals surface area contributed by atoms with Gasteiger partial charge in [-0.25, -0.2) is 4.79 Å². The highest BCUT2D eigenvalue weighted by Gasteiger charge is 2.28. The molecule has 2 aromatic rings. The van der Waals surface area contributed by atoms with E-state index >= 15 is 0 Å². The number of hydrogen-bond acceptors (Lipinski definition) is 7. The Hall–Kier alpha value is -3.49. The van der Waals surface area contributed by atoms with Gasteiger partial charge < -0.3 is 39.4 Å². The molecule has 0 aliphatic carbocycles. The van der Waals surface area contributed by atoms with E-state index in [4.69, 9.17) is 18.9 Å². The summed E-state index contributed by atoms with van der Waals surface area (Å²) in [7, 11) is 0. The molecule has 0 saturated carbocycles. The van der Waals surface area contributed by atoms with Crippen molar-refractivity contribution in [2.45, 2.75) is 52.1 Å². The molecule has 9 nitrogen and oxygen atoms in total. The van der Waals surface area contributed by atoms with Crippen LogP contribution in [0.25, 0.3) is 0 Å². The van der Waals surface area contributed by atoms with Gasteiger partial charge in [-0.15, -0.1) is 0 Å². The lowest BCUT2D eigenvalue weighted by Gasteiger charge is -2.31. The monoisotopic (exact) mass is 458 g/mol. The van der Waals surface area contributed by atoms with Crippen molar-refractivity contribution in [1.29, 1.82) is 0 Å². The number of carbonyl (C=O) groups is 1. The second-order valence-electron chi connectivity index (χ2n) is 8.70. The summed E-state index contributed by atoms with van der Waals surface area (Å²) in [6, 6.07) is 6.38. The van der Waals surface area contributed by atoms with Crippen LogP contribution in [0.15, 0.2) is 24.3 Å². The quantitative estimate of drug-likeness (QED) is 0.577. The maximum Gasteiger partial charge on any atom is 0.317 e. The first-order valence-electron chi connectivity index (χ1n) is 11.1. The van der Waals surface area contributed by atoms with Gasteiger partial charge in [0.05, 0.1) is 0 Å². The topological polar surface area (TPSA) is 110 Å². The molecule has 0 radical (unpaired) electrons. The van der Waals surface area contributed by atoms with Crippen molar-refractivity contribution in [2.24, 2.45) is 0 Å².